The monoisotopic (exact) mass is 176 g/mol. The van der Waals surface area contributed by atoms with Gasteiger partial charge < -0.3 is 4.90 Å². The van der Waals surface area contributed by atoms with Gasteiger partial charge in [-0.1, -0.05) is 6.07 Å². The summed E-state index contributed by atoms with van der Waals surface area (Å²) in [5.74, 6) is 1.08. The van der Waals surface area contributed by atoms with Crippen LogP contribution in [-0.2, 0) is 0 Å². The first-order chi connectivity index (χ1) is 6.36. The molecule has 1 aromatic heterocycles. The summed E-state index contributed by atoms with van der Waals surface area (Å²) >= 11 is 0. The lowest BCUT2D eigenvalue weighted by Crippen LogP contribution is -2.43. The van der Waals surface area contributed by atoms with E-state index in [1.165, 1.54) is 0 Å². The van der Waals surface area contributed by atoms with Crippen molar-refractivity contribution in [2.75, 3.05) is 31.1 Å². The zero-order chi connectivity index (χ0) is 9.10. The second-order valence-corrected chi connectivity index (χ2v) is 3.29. The summed E-state index contributed by atoms with van der Waals surface area (Å²) in [4.78, 5) is 8.70. The van der Waals surface area contributed by atoms with E-state index in [1.54, 1.807) is 0 Å². The van der Waals surface area contributed by atoms with E-state index in [2.05, 4.69) is 27.9 Å². The molecule has 0 atom stereocenters. The predicted molar refractivity (Wildman–Crippen MR) is 53.4 cm³/mol. The lowest BCUT2D eigenvalue weighted by Gasteiger charge is -2.32. The number of hydrogen-bond acceptors (Lipinski definition) is 3. The van der Waals surface area contributed by atoms with Gasteiger partial charge >= 0.3 is 0 Å². The van der Waals surface area contributed by atoms with Crippen LogP contribution in [-0.4, -0.2) is 36.1 Å². The van der Waals surface area contributed by atoms with Crippen LogP contribution in [0.3, 0.4) is 0 Å². The Labute approximate surface area is 79.0 Å². The first-order valence-corrected chi connectivity index (χ1v) is 4.58. The van der Waals surface area contributed by atoms with Crippen LogP contribution in [0.1, 0.15) is 0 Å². The van der Waals surface area contributed by atoms with Crippen LogP contribution in [0.2, 0.25) is 0 Å². The van der Waals surface area contributed by atoms with E-state index in [0.717, 1.165) is 32.0 Å². The summed E-state index contributed by atoms with van der Waals surface area (Å²) in [6, 6.07) is 6.03. The summed E-state index contributed by atoms with van der Waals surface area (Å²) < 4.78 is 0. The van der Waals surface area contributed by atoms with E-state index in [1.807, 2.05) is 18.3 Å². The molecule has 0 unspecified atom stereocenters. The number of aromatic nitrogens is 1. The molecule has 1 fully saturated rings. The molecule has 1 aliphatic heterocycles. The molecule has 0 bridgehead atoms. The van der Waals surface area contributed by atoms with Crippen LogP contribution in [0.25, 0.3) is 0 Å². The minimum Gasteiger partial charge on any atom is -0.354 e. The Morgan fingerprint density at radius 1 is 1.15 bits per heavy atom. The molecule has 13 heavy (non-hydrogen) atoms. The molecule has 3 heteroatoms. The summed E-state index contributed by atoms with van der Waals surface area (Å²) in [5, 5.41) is 0. The van der Waals surface area contributed by atoms with Gasteiger partial charge in [0, 0.05) is 39.4 Å². The Morgan fingerprint density at radius 2 is 1.92 bits per heavy atom. The van der Waals surface area contributed by atoms with Gasteiger partial charge in [-0.3, -0.25) is 4.90 Å². The van der Waals surface area contributed by atoms with Crippen LogP contribution in [0, 0.1) is 7.05 Å². The van der Waals surface area contributed by atoms with Crippen molar-refractivity contribution < 1.29 is 0 Å². The zero-order valence-electron chi connectivity index (χ0n) is 7.69. The predicted octanol–water partition coefficient (Wildman–Crippen LogP) is 0.995. The maximum Gasteiger partial charge on any atom is 0.128 e. The summed E-state index contributed by atoms with van der Waals surface area (Å²) in [6.07, 6.45) is 1.84. The van der Waals surface area contributed by atoms with Crippen LogP contribution in [0.15, 0.2) is 24.4 Å². The standard InChI is InChI=1S/C10H14N3/c1-12-6-8-13(9-7-12)10-4-2-3-5-11-10/h2-5H,1,6-9H2. The smallest absolute Gasteiger partial charge is 0.128 e. The van der Waals surface area contributed by atoms with E-state index < -0.39 is 0 Å². The third-order valence-electron chi connectivity index (χ3n) is 2.35. The molecule has 1 aromatic rings. The van der Waals surface area contributed by atoms with Gasteiger partial charge in [-0.2, -0.15) is 0 Å². The van der Waals surface area contributed by atoms with Crippen LogP contribution in [0.4, 0.5) is 5.82 Å². The molecule has 2 heterocycles. The topological polar surface area (TPSA) is 19.4 Å². The highest BCUT2D eigenvalue weighted by molar-refractivity contribution is 5.38. The fourth-order valence-corrected chi connectivity index (χ4v) is 1.52. The molecule has 2 rings (SSSR count). The largest absolute Gasteiger partial charge is 0.354 e. The fourth-order valence-electron chi connectivity index (χ4n) is 1.52. The van der Waals surface area contributed by atoms with E-state index in [4.69, 9.17) is 0 Å². The van der Waals surface area contributed by atoms with E-state index >= 15 is 0 Å². The molecule has 0 aliphatic carbocycles. The van der Waals surface area contributed by atoms with Gasteiger partial charge in [0.15, 0.2) is 0 Å². The minimum atomic E-state index is 1.02. The van der Waals surface area contributed by atoms with Gasteiger partial charge in [-0.05, 0) is 12.1 Å². The Bertz CT molecular complexity index is 252. The third-order valence-corrected chi connectivity index (χ3v) is 2.35. The normalized spacial score (nSPS) is 19.0. The molecule has 0 saturated carbocycles. The molecule has 1 radical (unpaired) electrons. The number of pyridine rings is 1. The molecule has 0 aromatic carbocycles. The Kier molecular flexibility index (Phi) is 2.45. The quantitative estimate of drug-likeness (QED) is 0.636. The van der Waals surface area contributed by atoms with Gasteiger partial charge in [0.1, 0.15) is 5.82 Å². The number of hydrogen-bond donors (Lipinski definition) is 0. The molecule has 0 N–H and O–H groups in total. The summed E-state index contributed by atoms with van der Waals surface area (Å²) in [7, 11) is 3.91. The average molecular weight is 176 g/mol. The third kappa shape index (κ3) is 1.98. The highest BCUT2D eigenvalue weighted by atomic mass is 15.3. The van der Waals surface area contributed by atoms with Crippen molar-refractivity contribution in [3.05, 3.63) is 31.4 Å². The number of nitrogens with zero attached hydrogens (tertiary/aromatic N) is 3. The van der Waals surface area contributed by atoms with Crippen LogP contribution < -0.4 is 4.90 Å². The second-order valence-electron chi connectivity index (χ2n) is 3.29. The second kappa shape index (κ2) is 3.75. The van der Waals surface area contributed by atoms with Crippen molar-refractivity contribution in [3.63, 3.8) is 0 Å². The minimum absolute atomic E-state index is 1.02. The lowest BCUT2D eigenvalue weighted by molar-refractivity contribution is 0.343. The van der Waals surface area contributed by atoms with Gasteiger partial charge in [0.2, 0.25) is 0 Å². The van der Waals surface area contributed by atoms with Crippen molar-refractivity contribution >= 4 is 5.82 Å². The van der Waals surface area contributed by atoms with Crippen LogP contribution in [0.5, 0.6) is 0 Å². The fraction of sp³-hybridized carbons (Fsp3) is 0.400. The molecular formula is C10H14N3. The van der Waals surface area contributed by atoms with Gasteiger partial charge in [0.05, 0.1) is 0 Å². The Hall–Kier alpha value is -1.09. The SMILES string of the molecule is [CH2]N1CCN(c2ccccn2)CC1. The van der Waals surface area contributed by atoms with Crippen molar-refractivity contribution in [3.8, 4) is 0 Å². The summed E-state index contributed by atoms with van der Waals surface area (Å²) in [5.41, 5.74) is 0. The van der Waals surface area contributed by atoms with Crippen LogP contribution >= 0.6 is 0 Å². The molecule has 69 valence electrons. The maximum absolute atomic E-state index is 4.31. The number of rotatable bonds is 1. The number of anilines is 1. The maximum atomic E-state index is 4.31. The van der Waals surface area contributed by atoms with Gasteiger partial charge in [-0.15, -0.1) is 0 Å². The molecular weight excluding hydrogens is 162 g/mol. The zero-order valence-corrected chi connectivity index (χ0v) is 7.69. The Morgan fingerprint density at radius 3 is 2.54 bits per heavy atom. The lowest BCUT2D eigenvalue weighted by atomic mass is 10.3. The first kappa shape index (κ1) is 8.51. The highest BCUT2D eigenvalue weighted by Gasteiger charge is 2.14. The number of piperazine rings is 1. The molecule has 0 amide bonds. The van der Waals surface area contributed by atoms with Crippen molar-refractivity contribution in [2.24, 2.45) is 0 Å². The van der Waals surface area contributed by atoms with Crippen molar-refractivity contribution in [2.45, 2.75) is 0 Å². The Balaban J connectivity index is 2.03. The highest BCUT2D eigenvalue weighted by Crippen LogP contribution is 2.11. The van der Waals surface area contributed by atoms with E-state index in [-0.39, 0.29) is 0 Å². The molecule has 0 spiro atoms. The average Bonchev–Trinajstić information content (AvgIpc) is 2.20. The van der Waals surface area contributed by atoms with E-state index in [0.29, 0.717) is 0 Å². The summed E-state index contributed by atoms with van der Waals surface area (Å²) in [6.45, 7) is 4.11. The molecule has 3 nitrogen and oxygen atoms in total. The first-order valence-electron chi connectivity index (χ1n) is 4.58. The van der Waals surface area contributed by atoms with Gasteiger partial charge in [0.25, 0.3) is 0 Å². The molecule has 1 aliphatic rings. The van der Waals surface area contributed by atoms with E-state index in [9.17, 15) is 0 Å². The van der Waals surface area contributed by atoms with Gasteiger partial charge in [-0.25, -0.2) is 4.98 Å². The van der Waals surface area contributed by atoms with Crippen molar-refractivity contribution in [1.29, 1.82) is 0 Å². The van der Waals surface area contributed by atoms with Crippen molar-refractivity contribution in [1.82, 2.24) is 9.88 Å². The molecule has 1 saturated heterocycles.